The molecule has 0 aliphatic heterocycles. The van der Waals surface area contributed by atoms with Crippen LogP contribution >= 0.6 is 0 Å². The van der Waals surface area contributed by atoms with Crippen molar-refractivity contribution < 1.29 is 14.3 Å². The number of aliphatic hydroxyl groups excluding tert-OH is 1. The van der Waals surface area contributed by atoms with Crippen LogP contribution in [0.1, 0.15) is 12.5 Å². The fraction of sp³-hybridized carbons (Fsp3) is 0.300. The van der Waals surface area contributed by atoms with Crippen LogP contribution in [0.4, 0.5) is 10.1 Å². The SMILES string of the molecule is C[C@H](N)C(=O)Nc1ccc(CO)c(F)c1. The fourth-order valence-corrected chi connectivity index (χ4v) is 1.01. The van der Waals surface area contributed by atoms with Crippen LogP contribution in [-0.4, -0.2) is 17.1 Å². The summed E-state index contributed by atoms with van der Waals surface area (Å²) in [6, 6.07) is 3.41. The van der Waals surface area contributed by atoms with Crippen molar-refractivity contribution in [1.82, 2.24) is 0 Å². The zero-order valence-corrected chi connectivity index (χ0v) is 8.33. The lowest BCUT2D eigenvalue weighted by atomic mass is 10.2. The molecule has 1 atom stereocenters. The first-order chi connectivity index (χ1) is 7.04. The average molecular weight is 212 g/mol. The molecule has 4 nitrogen and oxygen atoms in total. The van der Waals surface area contributed by atoms with E-state index in [1.54, 1.807) is 0 Å². The lowest BCUT2D eigenvalue weighted by Gasteiger charge is -2.08. The van der Waals surface area contributed by atoms with Gasteiger partial charge in [-0.25, -0.2) is 4.39 Å². The van der Waals surface area contributed by atoms with Crippen LogP contribution in [0.25, 0.3) is 0 Å². The summed E-state index contributed by atoms with van der Waals surface area (Å²) >= 11 is 0. The van der Waals surface area contributed by atoms with Crippen molar-refractivity contribution in [3.8, 4) is 0 Å². The monoisotopic (exact) mass is 212 g/mol. The van der Waals surface area contributed by atoms with Crippen molar-refractivity contribution in [2.75, 3.05) is 5.32 Å². The zero-order valence-electron chi connectivity index (χ0n) is 8.33. The van der Waals surface area contributed by atoms with Gasteiger partial charge in [-0.3, -0.25) is 4.79 Å². The third-order valence-corrected chi connectivity index (χ3v) is 1.90. The first kappa shape index (κ1) is 11.6. The van der Waals surface area contributed by atoms with E-state index in [4.69, 9.17) is 10.8 Å². The molecule has 0 aromatic heterocycles. The van der Waals surface area contributed by atoms with Gasteiger partial charge in [0, 0.05) is 11.3 Å². The molecule has 0 unspecified atom stereocenters. The summed E-state index contributed by atoms with van der Waals surface area (Å²) in [5, 5.41) is 11.2. The minimum Gasteiger partial charge on any atom is -0.392 e. The Balaban J connectivity index is 2.80. The van der Waals surface area contributed by atoms with Gasteiger partial charge in [0.2, 0.25) is 5.91 Å². The molecular weight excluding hydrogens is 199 g/mol. The van der Waals surface area contributed by atoms with E-state index in [2.05, 4.69) is 5.32 Å². The van der Waals surface area contributed by atoms with Crippen molar-refractivity contribution in [3.63, 3.8) is 0 Å². The molecule has 1 aromatic carbocycles. The fourth-order valence-electron chi connectivity index (χ4n) is 1.01. The van der Waals surface area contributed by atoms with Crippen LogP contribution in [0.15, 0.2) is 18.2 Å². The van der Waals surface area contributed by atoms with Gasteiger partial charge in [0.15, 0.2) is 0 Å². The van der Waals surface area contributed by atoms with Crippen molar-refractivity contribution in [2.45, 2.75) is 19.6 Å². The molecule has 0 spiro atoms. The van der Waals surface area contributed by atoms with Gasteiger partial charge in [-0.05, 0) is 19.1 Å². The molecule has 4 N–H and O–H groups in total. The van der Waals surface area contributed by atoms with Crippen LogP contribution in [-0.2, 0) is 11.4 Å². The smallest absolute Gasteiger partial charge is 0.241 e. The Morgan fingerprint density at radius 3 is 2.80 bits per heavy atom. The lowest BCUT2D eigenvalue weighted by molar-refractivity contribution is -0.117. The second-order valence-corrected chi connectivity index (χ2v) is 3.24. The number of carbonyl (C=O) groups excluding carboxylic acids is 1. The highest BCUT2D eigenvalue weighted by Crippen LogP contribution is 2.14. The second kappa shape index (κ2) is 4.86. The van der Waals surface area contributed by atoms with Crippen LogP contribution < -0.4 is 11.1 Å². The summed E-state index contributed by atoms with van der Waals surface area (Å²) < 4.78 is 13.2. The number of hydrogen-bond donors (Lipinski definition) is 3. The molecule has 1 amide bonds. The Hall–Kier alpha value is -1.46. The highest BCUT2D eigenvalue weighted by molar-refractivity contribution is 5.94. The zero-order chi connectivity index (χ0) is 11.4. The van der Waals surface area contributed by atoms with E-state index in [0.717, 1.165) is 6.07 Å². The minimum atomic E-state index is -0.648. The summed E-state index contributed by atoms with van der Waals surface area (Å²) in [6.07, 6.45) is 0. The largest absolute Gasteiger partial charge is 0.392 e. The predicted octanol–water partition coefficient (Wildman–Crippen LogP) is 0.604. The number of carbonyl (C=O) groups is 1. The molecule has 82 valence electrons. The van der Waals surface area contributed by atoms with E-state index in [1.165, 1.54) is 19.1 Å². The topological polar surface area (TPSA) is 75.4 Å². The number of nitrogens with two attached hydrogens (primary N) is 1. The number of benzene rings is 1. The normalized spacial score (nSPS) is 12.3. The molecule has 0 saturated carbocycles. The van der Waals surface area contributed by atoms with E-state index < -0.39 is 11.9 Å². The van der Waals surface area contributed by atoms with Crippen LogP contribution in [0, 0.1) is 5.82 Å². The summed E-state index contributed by atoms with van der Waals surface area (Å²) in [6.45, 7) is 1.17. The van der Waals surface area contributed by atoms with Gasteiger partial charge >= 0.3 is 0 Å². The number of nitrogens with one attached hydrogen (secondary N) is 1. The number of rotatable bonds is 3. The second-order valence-electron chi connectivity index (χ2n) is 3.24. The van der Waals surface area contributed by atoms with Crippen LogP contribution in [0.2, 0.25) is 0 Å². The van der Waals surface area contributed by atoms with Crippen LogP contribution in [0.3, 0.4) is 0 Å². The molecule has 1 aromatic rings. The maximum absolute atomic E-state index is 13.2. The Morgan fingerprint density at radius 1 is 1.67 bits per heavy atom. The molecule has 5 heteroatoms. The summed E-state index contributed by atoms with van der Waals surface area (Å²) in [7, 11) is 0. The van der Waals surface area contributed by atoms with Gasteiger partial charge in [0.1, 0.15) is 5.82 Å². The number of aliphatic hydroxyl groups is 1. The maximum Gasteiger partial charge on any atom is 0.241 e. The Kier molecular flexibility index (Phi) is 3.76. The predicted molar refractivity (Wildman–Crippen MR) is 54.6 cm³/mol. The quantitative estimate of drug-likeness (QED) is 0.687. The van der Waals surface area contributed by atoms with Gasteiger partial charge in [-0.1, -0.05) is 6.07 Å². The van der Waals surface area contributed by atoms with Crippen molar-refractivity contribution in [1.29, 1.82) is 0 Å². The Labute approximate surface area is 86.9 Å². The van der Waals surface area contributed by atoms with Gasteiger partial charge in [0.05, 0.1) is 12.6 Å². The minimum absolute atomic E-state index is 0.189. The van der Waals surface area contributed by atoms with E-state index in [1.807, 2.05) is 0 Å². The third-order valence-electron chi connectivity index (χ3n) is 1.90. The molecule has 1 rings (SSSR count). The number of anilines is 1. The Bertz CT molecular complexity index is 366. The summed E-state index contributed by atoms with van der Waals surface area (Å²) in [5.41, 5.74) is 5.85. The number of amides is 1. The molecular formula is C10H13FN2O2. The van der Waals surface area contributed by atoms with Gasteiger partial charge in [-0.15, -0.1) is 0 Å². The number of hydrogen-bond acceptors (Lipinski definition) is 3. The molecule has 0 heterocycles. The third kappa shape index (κ3) is 3.00. The van der Waals surface area contributed by atoms with Crippen LogP contribution in [0.5, 0.6) is 0 Å². The number of halogens is 1. The van der Waals surface area contributed by atoms with Crippen molar-refractivity contribution in [3.05, 3.63) is 29.6 Å². The molecule has 0 bridgehead atoms. The summed E-state index contributed by atoms with van der Waals surface area (Å²) in [5.74, 6) is -0.939. The van der Waals surface area contributed by atoms with Crippen molar-refractivity contribution in [2.24, 2.45) is 5.73 Å². The molecule has 0 radical (unpaired) electrons. The van der Waals surface area contributed by atoms with E-state index in [-0.39, 0.29) is 18.1 Å². The Morgan fingerprint density at radius 2 is 2.33 bits per heavy atom. The maximum atomic E-state index is 13.2. The van der Waals surface area contributed by atoms with Gasteiger partial charge in [-0.2, -0.15) is 0 Å². The van der Waals surface area contributed by atoms with E-state index in [0.29, 0.717) is 5.69 Å². The lowest BCUT2D eigenvalue weighted by Crippen LogP contribution is -2.32. The first-order valence-electron chi connectivity index (χ1n) is 4.50. The van der Waals surface area contributed by atoms with Gasteiger partial charge < -0.3 is 16.2 Å². The average Bonchev–Trinajstić information content (AvgIpc) is 2.18. The molecule has 0 fully saturated rings. The van der Waals surface area contributed by atoms with E-state index >= 15 is 0 Å². The highest BCUT2D eigenvalue weighted by atomic mass is 19.1. The molecule has 15 heavy (non-hydrogen) atoms. The standard InChI is InChI=1S/C10H13FN2O2/c1-6(12)10(15)13-8-3-2-7(5-14)9(11)4-8/h2-4,6,14H,5,12H2,1H3,(H,13,15)/t6-/m0/s1. The molecule has 0 aliphatic carbocycles. The molecule has 0 aliphatic rings. The van der Waals surface area contributed by atoms with Crippen molar-refractivity contribution >= 4 is 11.6 Å². The molecule has 0 saturated heterocycles. The first-order valence-corrected chi connectivity index (χ1v) is 4.50. The summed E-state index contributed by atoms with van der Waals surface area (Å²) in [4.78, 5) is 11.2. The van der Waals surface area contributed by atoms with E-state index in [9.17, 15) is 9.18 Å². The highest BCUT2D eigenvalue weighted by Gasteiger charge is 2.08. The van der Waals surface area contributed by atoms with Gasteiger partial charge in [0.25, 0.3) is 0 Å².